The van der Waals surface area contributed by atoms with Gasteiger partial charge >= 0.3 is 0 Å². The molecule has 168 valence electrons. The van der Waals surface area contributed by atoms with Crippen LogP contribution in [0.25, 0.3) is 0 Å². The quantitative estimate of drug-likeness (QED) is 0.503. The van der Waals surface area contributed by atoms with Crippen molar-refractivity contribution in [1.82, 2.24) is 30.6 Å². The van der Waals surface area contributed by atoms with Crippen LogP contribution in [0.4, 0.5) is 0 Å². The minimum absolute atomic E-state index is 0.687. The van der Waals surface area contributed by atoms with Gasteiger partial charge in [-0.15, -0.1) is 27.1 Å². The largest absolute Gasteiger partial charge is 0.476 e. The number of thioether (sulfide) groups is 1. The second kappa shape index (κ2) is 10.5. The van der Waals surface area contributed by atoms with Crippen LogP contribution in [-0.4, -0.2) is 56.2 Å². The van der Waals surface area contributed by atoms with Gasteiger partial charge in [0.1, 0.15) is 0 Å². The summed E-state index contributed by atoms with van der Waals surface area (Å²) < 4.78 is 15.8. The number of aryl methyl sites for hydroxylation is 4. The molecule has 0 bridgehead atoms. The van der Waals surface area contributed by atoms with Gasteiger partial charge in [-0.25, -0.2) is 0 Å². The molecule has 0 aliphatic carbocycles. The molecule has 9 nitrogen and oxygen atoms in total. The third-order valence-corrected chi connectivity index (χ3v) is 5.76. The first-order chi connectivity index (χ1) is 15.6. The highest BCUT2D eigenvalue weighted by Gasteiger charge is 2.14. The molecule has 3 aliphatic rings. The van der Waals surface area contributed by atoms with Gasteiger partial charge in [0.25, 0.3) is 0 Å². The summed E-state index contributed by atoms with van der Waals surface area (Å²) in [7, 11) is 0. The number of ether oxygens (including phenoxy) is 3. The number of nitrogens with zero attached hydrogens (tertiary/aromatic N) is 6. The highest BCUT2D eigenvalue weighted by Crippen LogP contribution is 2.30. The van der Waals surface area contributed by atoms with Gasteiger partial charge in [-0.3, -0.25) is 0 Å². The van der Waals surface area contributed by atoms with Crippen molar-refractivity contribution in [3.05, 3.63) is 46.4 Å². The summed E-state index contributed by atoms with van der Waals surface area (Å²) in [5, 5.41) is 23.5. The zero-order chi connectivity index (χ0) is 22.3. The molecule has 6 heterocycles. The van der Waals surface area contributed by atoms with Gasteiger partial charge in [0, 0.05) is 23.3 Å². The van der Waals surface area contributed by atoms with Crippen LogP contribution in [0, 0.1) is 20.8 Å². The lowest BCUT2D eigenvalue weighted by molar-refractivity contribution is 0.272. The second-order valence-corrected chi connectivity index (χ2v) is 8.67. The zero-order valence-corrected chi connectivity index (χ0v) is 19.3. The van der Waals surface area contributed by atoms with Gasteiger partial charge in [0.05, 0.1) is 41.8 Å². The Hall–Kier alpha value is -3.01. The minimum atomic E-state index is 0.687. The average molecular weight is 455 g/mol. The van der Waals surface area contributed by atoms with E-state index >= 15 is 0 Å². The van der Waals surface area contributed by atoms with Gasteiger partial charge in [-0.1, -0.05) is 0 Å². The van der Waals surface area contributed by atoms with Crippen LogP contribution in [0.2, 0.25) is 0 Å². The van der Waals surface area contributed by atoms with Crippen molar-refractivity contribution in [3.8, 4) is 17.6 Å². The number of hydrogen-bond donors (Lipinski definition) is 0. The molecule has 0 saturated carbocycles. The molecule has 3 aromatic heterocycles. The summed E-state index contributed by atoms with van der Waals surface area (Å²) in [5.74, 6) is 3.14. The van der Waals surface area contributed by atoms with E-state index in [0.29, 0.717) is 11.8 Å². The van der Waals surface area contributed by atoms with Crippen molar-refractivity contribution in [2.45, 2.75) is 44.9 Å². The number of hydrogen-bond acceptors (Lipinski definition) is 10. The topological polar surface area (TPSA) is 105 Å². The third kappa shape index (κ3) is 5.82. The standard InChI is InChI=1S/C8H10N2O.C7H8N2OS.C7H8N2O/c1-6-5-7-3-2-4-11-8(7)10-9-6;1-5-4-6-7(9-8-5)10-2-3-11-6;1-5-4-6-2-3-10-7(6)9-8-5/h5H,2-4H2,1H3;4H,2-3H2,1H3;4H,2-3H2,1H3. The zero-order valence-electron chi connectivity index (χ0n) is 18.5. The van der Waals surface area contributed by atoms with Crippen molar-refractivity contribution in [2.24, 2.45) is 0 Å². The third-order valence-electron chi connectivity index (χ3n) is 4.78. The van der Waals surface area contributed by atoms with Gasteiger partial charge < -0.3 is 14.2 Å². The van der Waals surface area contributed by atoms with E-state index < -0.39 is 0 Å². The second-order valence-electron chi connectivity index (χ2n) is 7.53. The molecule has 0 amide bonds. The Balaban J connectivity index is 0.000000115. The molecule has 0 aromatic carbocycles. The van der Waals surface area contributed by atoms with E-state index in [9.17, 15) is 0 Å². The molecule has 0 saturated heterocycles. The van der Waals surface area contributed by atoms with E-state index in [4.69, 9.17) is 14.2 Å². The van der Waals surface area contributed by atoms with E-state index in [2.05, 4.69) is 30.6 Å². The predicted octanol–water partition coefficient (Wildman–Crippen LogP) is 3.10. The van der Waals surface area contributed by atoms with Crippen LogP contribution in [0.1, 0.15) is 34.6 Å². The molecule has 0 atom stereocenters. The molecule has 0 N–H and O–H groups in total. The van der Waals surface area contributed by atoms with Crippen LogP contribution in [0.5, 0.6) is 17.6 Å². The van der Waals surface area contributed by atoms with Crippen LogP contribution < -0.4 is 14.2 Å². The summed E-state index contributed by atoms with van der Waals surface area (Å²) in [4.78, 5) is 1.11. The van der Waals surface area contributed by atoms with E-state index in [1.807, 2.05) is 39.0 Å². The lowest BCUT2D eigenvalue weighted by atomic mass is 10.1. The molecule has 3 aromatic rings. The molecular weight excluding hydrogens is 428 g/mol. The Morgan fingerprint density at radius 2 is 1.19 bits per heavy atom. The van der Waals surface area contributed by atoms with Crippen molar-refractivity contribution >= 4 is 11.8 Å². The Morgan fingerprint density at radius 3 is 1.91 bits per heavy atom. The maximum atomic E-state index is 5.30. The van der Waals surface area contributed by atoms with E-state index in [1.54, 1.807) is 11.8 Å². The highest BCUT2D eigenvalue weighted by atomic mass is 32.2. The van der Waals surface area contributed by atoms with E-state index in [0.717, 1.165) is 72.7 Å². The fraction of sp³-hybridized carbons (Fsp3) is 0.455. The maximum absolute atomic E-state index is 5.30. The molecular formula is C22H26N6O3S. The Morgan fingerprint density at radius 1 is 0.625 bits per heavy atom. The van der Waals surface area contributed by atoms with E-state index in [-0.39, 0.29) is 0 Å². The summed E-state index contributed by atoms with van der Waals surface area (Å²) in [6, 6.07) is 6.07. The number of fused-ring (bicyclic) bond motifs is 3. The molecule has 10 heteroatoms. The first kappa shape index (κ1) is 22.2. The normalized spacial score (nSPS) is 15.1. The molecule has 0 unspecified atom stereocenters. The van der Waals surface area contributed by atoms with Crippen LogP contribution >= 0.6 is 11.8 Å². The SMILES string of the molecule is Cc1cc2c(nn1)OCC2.Cc1cc2c(nn1)OCCC2.Cc1cc2c(nn1)OCCS2. The van der Waals surface area contributed by atoms with Gasteiger partial charge in [-0.05, 0) is 51.8 Å². The Bertz CT molecular complexity index is 1020. The molecule has 6 rings (SSSR count). The first-order valence-corrected chi connectivity index (χ1v) is 11.6. The summed E-state index contributed by atoms with van der Waals surface area (Å²) >= 11 is 1.78. The molecule has 32 heavy (non-hydrogen) atoms. The van der Waals surface area contributed by atoms with Crippen molar-refractivity contribution in [2.75, 3.05) is 25.6 Å². The van der Waals surface area contributed by atoms with Crippen molar-refractivity contribution in [1.29, 1.82) is 0 Å². The predicted molar refractivity (Wildman–Crippen MR) is 120 cm³/mol. The number of rotatable bonds is 0. The van der Waals surface area contributed by atoms with Gasteiger partial charge in [0.15, 0.2) is 0 Å². The molecule has 0 spiro atoms. The fourth-order valence-electron chi connectivity index (χ4n) is 3.30. The van der Waals surface area contributed by atoms with E-state index in [1.165, 1.54) is 11.1 Å². The smallest absolute Gasteiger partial charge is 0.247 e. The Labute approximate surface area is 191 Å². The lowest BCUT2D eigenvalue weighted by Gasteiger charge is -2.14. The van der Waals surface area contributed by atoms with Crippen LogP contribution in [0.3, 0.4) is 0 Å². The van der Waals surface area contributed by atoms with Crippen LogP contribution in [-0.2, 0) is 12.8 Å². The monoisotopic (exact) mass is 454 g/mol. The fourth-order valence-corrected chi connectivity index (χ4v) is 4.16. The van der Waals surface area contributed by atoms with Gasteiger partial charge in [-0.2, -0.15) is 15.3 Å². The summed E-state index contributed by atoms with van der Waals surface area (Å²) in [6.45, 7) is 8.10. The summed E-state index contributed by atoms with van der Waals surface area (Å²) in [5.41, 5.74) is 5.26. The average Bonchev–Trinajstić information content (AvgIpc) is 3.27. The van der Waals surface area contributed by atoms with Crippen LogP contribution in [0.15, 0.2) is 23.1 Å². The highest BCUT2D eigenvalue weighted by molar-refractivity contribution is 7.99. The Kier molecular flexibility index (Phi) is 7.31. The molecule has 0 fully saturated rings. The van der Waals surface area contributed by atoms with Crippen molar-refractivity contribution in [3.63, 3.8) is 0 Å². The lowest BCUT2D eigenvalue weighted by Crippen LogP contribution is -2.10. The first-order valence-electron chi connectivity index (χ1n) is 10.6. The minimum Gasteiger partial charge on any atom is -0.476 e. The molecule has 0 radical (unpaired) electrons. The van der Waals surface area contributed by atoms with Crippen molar-refractivity contribution < 1.29 is 14.2 Å². The number of aromatic nitrogens is 6. The maximum Gasteiger partial charge on any atom is 0.247 e. The molecule has 3 aliphatic heterocycles. The van der Waals surface area contributed by atoms with Gasteiger partial charge in [0.2, 0.25) is 17.6 Å². The summed E-state index contributed by atoms with van der Waals surface area (Å²) in [6.07, 6.45) is 3.15.